The topological polar surface area (TPSA) is 52.7 Å². The van der Waals surface area contributed by atoms with E-state index in [1.54, 1.807) is 50.3 Å². The second kappa shape index (κ2) is 8.55. The van der Waals surface area contributed by atoms with Gasteiger partial charge in [-0.15, -0.1) is 12.4 Å². The average molecular weight is 300 g/mol. The SMILES string of the molecule is CNCCN(C)C(=O)c1ccc(C(=O)N(C)C)cc1.Cl. The summed E-state index contributed by atoms with van der Waals surface area (Å²) in [6, 6.07) is 6.74. The van der Waals surface area contributed by atoms with Crippen LogP contribution in [0.2, 0.25) is 0 Å². The van der Waals surface area contributed by atoms with Gasteiger partial charge in [0.2, 0.25) is 0 Å². The molecule has 0 fully saturated rings. The Labute approximate surface area is 126 Å². The van der Waals surface area contributed by atoms with Crippen LogP contribution >= 0.6 is 12.4 Å². The molecule has 2 amide bonds. The normalized spacial score (nSPS) is 9.60. The summed E-state index contributed by atoms with van der Waals surface area (Å²) < 4.78 is 0. The van der Waals surface area contributed by atoms with E-state index in [0.29, 0.717) is 17.7 Å². The lowest BCUT2D eigenvalue weighted by atomic mass is 10.1. The standard InChI is InChI=1S/C14H21N3O2.ClH/c1-15-9-10-17(4)14(19)12-7-5-11(6-8-12)13(18)16(2)3;/h5-8,15H,9-10H2,1-4H3;1H. The Morgan fingerprint density at radius 1 is 1.00 bits per heavy atom. The maximum Gasteiger partial charge on any atom is 0.253 e. The molecule has 20 heavy (non-hydrogen) atoms. The van der Waals surface area contributed by atoms with Gasteiger partial charge in [0.1, 0.15) is 0 Å². The molecule has 0 saturated heterocycles. The molecule has 6 heteroatoms. The van der Waals surface area contributed by atoms with Gasteiger partial charge in [-0.05, 0) is 31.3 Å². The third-order valence-electron chi connectivity index (χ3n) is 2.83. The van der Waals surface area contributed by atoms with Crippen LogP contribution in [0.5, 0.6) is 0 Å². The highest BCUT2D eigenvalue weighted by atomic mass is 35.5. The van der Waals surface area contributed by atoms with Crippen LogP contribution in [0.3, 0.4) is 0 Å². The largest absolute Gasteiger partial charge is 0.345 e. The van der Waals surface area contributed by atoms with Gasteiger partial charge in [-0.3, -0.25) is 9.59 Å². The first-order chi connectivity index (χ1) is 8.97. The molecule has 5 nitrogen and oxygen atoms in total. The van der Waals surface area contributed by atoms with E-state index in [4.69, 9.17) is 0 Å². The fraction of sp³-hybridized carbons (Fsp3) is 0.429. The molecule has 0 atom stereocenters. The quantitative estimate of drug-likeness (QED) is 0.886. The lowest BCUT2D eigenvalue weighted by Crippen LogP contribution is -2.32. The molecule has 0 radical (unpaired) electrons. The van der Waals surface area contributed by atoms with Gasteiger partial charge in [-0.2, -0.15) is 0 Å². The number of rotatable bonds is 5. The van der Waals surface area contributed by atoms with Crippen LogP contribution in [-0.2, 0) is 0 Å². The molecule has 0 aliphatic rings. The number of benzene rings is 1. The molecule has 0 saturated carbocycles. The number of hydrogen-bond acceptors (Lipinski definition) is 3. The van der Waals surface area contributed by atoms with Gasteiger partial charge >= 0.3 is 0 Å². The van der Waals surface area contributed by atoms with Crippen LogP contribution in [0.4, 0.5) is 0 Å². The molecule has 0 aliphatic heterocycles. The number of nitrogens with zero attached hydrogens (tertiary/aromatic N) is 2. The Morgan fingerprint density at radius 2 is 1.45 bits per heavy atom. The molecule has 0 bridgehead atoms. The molecular formula is C14H22ClN3O2. The monoisotopic (exact) mass is 299 g/mol. The Balaban J connectivity index is 0.00000361. The van der Waals surface area contributed by atoms with Crippen molar-refractivity contribution in [2.24, 2.45) is 0 Å². The van der Waals surface area contributed by atoms with E-state index in [-0.39, 0.29) is 24.2 Å². The summed E-state index contributed by atoms with van der Waals surface area (Å²) in [5, 5.41) is 3.00. The number of carbonyl (C=O) groups excluding carboxylic acids is 2. The van der Waals surface area contributed by atoms with Crippen LogP contribution in [-0.4, -0.2) is 62.9 Å². The molecule has 1 aromatic rings. The minimum atomic E-state index is -0.0671. The summed E-state index contributed by atoms with van der Waals surface area (Å²) in [6.07, 6.45) is 0. The second-order valence-corrected chi connectivity index (χ2v) is 4.61. The molecule has 0 unspecified atom stereocenters. The summed E-state index contributed by atoms with van der Waals surface area (Å²) in [7, 11) is 7.01. The van der Waals surface area contributed by atoms with E-state index in [1.165, 1.54) is 4.90 Å². The van der Waals surface area contributed by atoms with Crippen molar-refractivity contribution in [2.45, 2.75) is 0 Å². The van der Waals surface area contributed by atoms with Crippen LogP contribution in [0.15, 0.2) is 24.3 Å². The van der Waals surface area contributed by atoms with Gasteiger partial charge in [0.25, 0.3) is 11.8 Å². The zero-order valence-electron chi connectivity index (χ0n) is 12.3. The highest BCUT2D eigenvalue weighted by Gasteiger charge is 2.13. The lowest BCUT2D eigenvalue weighted by molar-refractivity contribution is 0.0793. The first-order valence-corrected chi connectivity index (χ1v) is 6.19. The number of carbonyl (C=O) groups is 2. The van der Waals surface area contributed by atoms with Gasteiger partial charge < -0.3 is 15.1 Å². The van der Waals surface area contributed by atoms with Crippen molar-refractivity contribution in [2.75, 3.05) is 41.3 Å². The predicted octanol–water partition coefficient (Wildman–Crippen LogP) is 1.10. The van der Waals surface area contributed by atoms with E-state index in [1.807, 2.05) is 7.05 Å². The van der Waals surface area contributed by atoms with Crippen molar-refractivity contribution in [1.82, 2.24) is 15.1 Å². The van der Waals surface area contributed by atoms with E-state index in [0.717, 1.165) is 6.54 Å². The zero-order valence-corrected chi connectivity index (χ0v) is 13.2. The van der Waals surface area contributed by atoms with Crippen LogP contribution < -0.4 is 5.32 Å². The van der Waals surface area contributed by atoms with Gasteiger partial charge in [0.15, 0.2) is 0 Å². The average Bonchev–Trinajstić information content (AvgIpc) is 2.43. The summed E-state index contributed by atoms with van der Waals surface area (Å²) in [5.41, 5.74) is 1.17. The maximum absolute atomic E-state index is 12.1. The summed E-state index contributed by atoms with van der Waals surface area (Å²) in [6.45, 7) is 1.40. The van der Waals surface area contributed by atoms with Crippen LogP contribution in [0.1, 0.15) is 20.7 Å². The van der Waals surface area contributed by atoms with E-state index < -0.39 is 0 Å². The summed E-state index contributed by atoms with van der Waals surface area (Å²) in [4.78, 5) is 27.0. The number of halogens is 1. The molecule has 1 aromatic carbocycles. The molecule has 112 valence electrons. The smallest absolute Gasteiger partial charge is 0.253 e. The van der Waals surface area contributed by atoms with Crippen molar-refractivity contribution in [3.63, 3.8) is 0 Å². The van der Waals surface area contributed by atoms with E-state index in [2.05, 4.69) is 5.32 Å². The fourth-order valence-electron chi connectivity index (χ4n) is 1.62. The summed E-state index contributed by atoms with van der Waals surface area (Å²) >= 11 is 0. The Bertz CT molecular complexity index is 446. The van der Waals surface area contributed by atoms with Crippen molar-refractivity contribution >= 4 is 24.2 Å². The van der Waals surface area contributed by atoms with Crippen molar-refractivity contribution in [3.05, 3.63) is 35.4 Å². The molecule has 0 aromatic heterocycles. The first kappa shape index (κ1) is 18.4. The Hall–Kier alpha value is -1.59. The molecular weight excluding hydrogens is 278 g/mol. The van der Waals surface area contributed by atoms with Gasteiger partial charge in [0, 0.05) is 45.4 Å². The Kier molecular flexibility index (Phi) is 7.87. The van der Waals surface area contributed by atoms with E-state index in [9.17, 15) is 9.59 Å². The molecule has 0 spiro atoms. The number of hydrogen-bond donors (Lipinski definition) is 1. The Morgan fingerprint density at radius 3 is 1.85 bits per heavy atom. The van der Waals surface area contributed by atoms with Crippen LogP contribution in [0, 0.1) is 0 Å². The number of amides is 2. The van der Waals surface area contributed by atoms with Crippen LogP contribution in [0.25, 0.3) is 0 Å². The highest BCUT2D eigenvalue weighted by Crippen LogP contribution is 2.08. The maximum atomic E-state index is 12.1. The van der Waals surface area contributed by atoms with Gasteiger partial charge in [-0.1, -0.05) is 0 Å². The third kappa shape index (κ3) is 4.83. The van der Waals surface area contributed by atoms with Gasteiger partial charge in [0.05, 0.1) is 0 Å². The second-order valence-electron chi connectivity index (χ2n) is 4.61. The predicted molar refractivity (Wildman–Crippen MR) is 82.6 cm³/mol. The lowest BCUT2D eigenvalue weighted by Gasteiger charge is -2.17. The molecule has 1 rings (SSSR count). The minimum Gasteiger partial charge on any atom is -0.345 e. The van der Waals surface area contributed by atoms with Gasteiger partial charge in [-0.25, -0.2) is 0 Å². The minimum absolute atomic E-state index is 0. The molecule has 1 N–H and O–H groups in total. The van der Waals surface area contributed by atoms with Crippen molar-refractivity contribution in [1.29, 1.82) is 0 Å². The first-order valence-electron chi connectivity index (χ1n) is 6.19. The summed E-state index contributed by atoms with van der Waals surface area (Å²) in [5.74, 6) is -0.110. The third-order valence-corrected chi connectivity index (χ3v) is 2.83. The van der Waals surface area contributed by atoms with E-state index >= 15 is 0 Å². The number of likely N-dealkylation sites (N-methyl/N-ethyl adjacent to an activating group) is 2. The molecule has 0 aliphatic carbocycles. The fourth-order valence-corrected chi connectivity index (χ4v) is 1.62. The molecule has 0 heterocycles. The highest BCUT2D eigenvalue weighted by molar-refractivity contribution is 5.97. The van der Waals surface area contributed by atoms with Crippen molar-refractivity contribution in [3.8, 4) is 0 Å². The zero-order chi connectivity index (χ0) is 14.4. The van der Waals surface area contributed by atoms with Crippen molar-refractivity contribution < 1.29 is 9.59 Å². The number of nitrogens with one attached hydrogen (secondary N) is 1.